The number of benzene rings is 1. The van der Waals surface area contributed by atoms with Gasteiger partial charge in [0.15, 0.2) is 0 Å². The van der Waals surface area contributed by atoms with E-state index in [1.165, 1.54) is 19.0 Å². The number of rotatable bonds is 2. The zero-order valence-corrected chi connectivity index (χ0v) is 9.97. The molecule has 0 bridgehead atoms. The van der Waals surface area contributed by atoms with Crippen LogP contribution in [0.4, 0.5) is 21.0 Å². The van der Waals surface area contributed by atoms with E-state index >= 15 is 0 Å². The lowest BCUT2D eigenvalue weighted by Crippen LogP contribution is -2.35. The molecule has 17 heavy (non-hydrogen) atoms. The maximum atomic E-state index is 11.4. The molecule has 0 aliphatic carbocycles. The molecule has 0 atom stereocenters. The van der Waals surface area contributed by atoms with Gasteiger partial charge in [0.25, 0.3) is 0 Å². The predicted molar refractivity (Wildman–Crippen MR) is 65.7 cm³/mol. The molecule has 0 saturated carbocycles. The molecular formula is C11H15N3O3. The fourth-order valence-corrected chi connectivity index (χ4v) is 1.31. The summed E-state index contributed by atoms with van der Waals surface area (Å²) in [5.74, 6) is 0. The molecule has 0 unspecified atom stereocenters. The molecule has 1 aromatic rings. The van der Waals surface area contributed by atoms with Crippen LogP contribution < -0.4 is 15.1 Å². The topological polar surface area (TPSA) is 72.9 Å². The summed E-state index contributed by atoms with van der Waals surface area (Å²) in [6.45, 7) is 0. The van der Waals surface area contributed by atoms with Crippen LogP contribution in [0.25, 0.3) is 0 Å². The molecule has 2 N–H and O–H groups in total. The minimum atomic E-state index is -1.05. The number of nitrogens with one attached hydrogen (secondary N) is 1. The highest BCUT2D eigenvalue weighted by atomic mass is 16.4. The number of carbonyl (C=O) groups excluding carboxylic acids is 1. The van der Waals surface area contributed by atoms with Gasteiger partial charge in [-0.05, 0) is 18.2 Å². The molecule has 0 aliphatic heterocycles. The normalized spacial score (nSPS) is 9.59. The minimum Gasteiger partial charge on any atom is -0.465 e. The fraction of sp³-hybridized carbons (Fsp3) is 0.273. The van der Waals surface area contributed by atoms with Crippen LogP contribution >= 0.6 is 0 Å². The third-order valence-electron chi connectivity index (χ3n) is 2.41. The first-order chi connectivity index (χ1) is 7.97. The molecule has 0 saturated heterocycles. The molecule has 0 fully saturated rings. The second-order valence-electron chi connectivity index (χ2n) is 3.48. The van der Waals surface area contributed by atoms with Gasteiger partial charge in [-0.3, -0.25) is 9.80 Å². The number of anilines is 2. The summed E-state index contributed by atoms with van der Waals surface area (Å²) < 4.78 is 0. The SMILES string of the molecule is CNC(=O)N(C)c1cccc(N(C)C(=O)O)c1. The largest absolute Gasteiger partial charge is 0.465 e. The van der Waals surface area contributed by atoms with Crippen molar-refractivity contribution < 1.29 is 14.7 Å². The van der Waals surface area contributed by atoms with Gasteiger partial charge in [0.2, 0.25) is 0 Å². The number of amides is 3. The van der Waals surface area contributed by atoms with Crippen molar-refractivity contribution in [1.29, 1.82) is 0 Å². The Morgan fingerprint density at radius 3 is 2.18 bits per heavy atom. The van der Waals surface area contributed by atoms with E-state index in [0.717, 1.165) is 4.90 Å². The quantitative estimate of drug-likeness (QED) is 0.820. The number of carboxylic acid groups (broad SMARTS) is 1. The van der Waals surface area contributed by atoms with Crippen molar-refractivity contribution in [1.82, 2.24) is 5.32 Å². The van der Waals surface area contributed by atoms with Crippen LogP contribution in [0.1, 0.15) is 0 Å². The average molecular weight is 237 g/mol. The Bertz CT molecular complexity index is 434. The first kappa shape index (κ1) is 12.8. The van der Waals surface area contributed by atoms with E-state index in [4.69, 9.17) is 5.11 Å². The summed E-state index contributed by atoms with van der Waals surface area (Å²) in [6, 6.07) is 6.46. The van der Waals surface area contributed by atoms with E-state index in [0.29, 0.717) is 11.4 Å². The summed E-state index contributed by atoms with van der Waals surface area (Å²) in [6.07, 6.45) is -1.05. The second kappa shape index (κ2) is 5.20. The van der Waals surface area contributed by atoms with E-state index in [1.54, 1.807) is 31.3 Å². The third-order valence-corrected chi connectivity index (χ3v) is 2.41. The van der Waals surface area contributed by atoms with E-state index in [2.05, 4.69) is 5.32 Å². The van der Waals surface area contributed by atoms with Gasteiger partial charge in [0.05, 0.1) is 0 Å². The molecule has 1 rings (SSSR count). The molecule has 3 amide bonds. The minimum absolute atomic E-state index is 0.264. The first-order valence-electron chi connectivity index (χ1n) is 4.99. The summed E-state index contributed by atoms with van der Waals surface area (Å²) in [5.41, 5.74) is 1.13. The average Bonchev–Trinajstić information content (AvgIpc) is 2.35. The van der Waals surface area contributed by atoms with Gasteiger partial charge < -0.3 is 10.4 Å². The van der Waals surface area contributed by atoms with Crippen molar-refractivity contribution in [3.05, 3.63) is 24.3 Å². The Hall–Kier alpha value is -2.24. The van der Waals surface area contributed by atoms with Crippen molar-refractivity contribution in [2.45, 2.75) is 0 Å². The fourth-order valence-electron chi connectivity index (χ4n) is 1.31. The van der Waals surface area contributed by atoms with Gasteiger partial charge in [0, 0.05) is 32.5 Å². The smallest absolute Gasteiger partial charge is 0.411 e. The molecule has 0 aromatic heterocycles. The number of hydrogen-bond donors (Lipinski definition) is 2. The molecule has 6 heteroatoms. The van der Waals surface area contributed by atoms with Crippen LogP contribution in [-0.4, -0.2) is 38.4 Å². The van der Waals surface area contributed by atoms with E-state index in [1.807, 2.05) is 0 Å². The Kier molecular flexibility index (Phi) is 3.92. The maximum Gasteiger partial charge on any atom is 0.411 e. The molecular weight excluding hydrogens is 222 g/mol. The monoisotopic (exact) mass is 237 g/mol. The Labute approximate surface area is 99.4 Å². The van der Waals surface area contributed by atoms with Crippen LogP contribution in [0.2, 0.25) is 0 Å². The molecule has 1 aromatic carbocycles. The van der Waals surface area contributed by atoms with Gasteiger partial charge in [0.1, 0.15) is 0 Å². The highest BCUT2D eigenvalue weighted by molar-refractivity contribution is 5.93. The van der Waals surface area contributed by atoms with Crippen LogP contribution in [0, 0.1) is 0 Å². The number of nitrogens with zero attached hydrogens (tertiary/aromatic N) is 2. The van der Waals surface area contributed by atoms with Crippen LogP contribution in [0.5, 0.6) is 0 Å². The molecule has 0 spiro atoms. The van der Waals surface area contributed by atoms with Crippen LogP contribution in [0.15, 0.2) is 24.3 Å². The Balaban J connectivity index is 3.01. The lowest BCUT2D eigenvalue weighted by Gasteiger charge is -2.19. The number of carbonyl (C=O) groups is 2. The van der Waals surface area contributed by atoms with Crippen molar-refractivity contribution in [3.8, 4) is 0 Å². The standard InChI is InChI=1S/C11H15N3O3/c1-12-10(15)13(2)8-5-4-6-9(7-8)14(3)11(16)17/h4-7H,1-3H3,(H,12,15)(H,16,17). The molecule has 0 aliphatic rings. The van der Waals surface area contributed by atoms with Crippen molar-refractivity contribution >= 4 is 23.5 Å². The summed E-state index contributed by atoms with van der Waals surface area (Å²) >= 11 is 0. The van der Waals surface area contributed by atoms with E-state index < -0.39 is 6.09 Å². The lowest BCUT2D eigenvalue weighted by atomic mass is 10.2. The van der Waals surface area contributed by atoms with E-state index in [-0.39, 0.29) is 6.03 Å². The van der Waals surface area contributed by atoms with Crippen molar-refractivity contribution in [2.24, 2.45) is 0 Å². The predicted octanol–water partition coefficient (Wildman–Crippen LogP) is 1.58. The zero-order valence-electron chi connectivity index (χ0n) is 9.97. The summed E-state index contributed by atoms with van der Waals surface area (Å²) in [7, 11) is 4.59. The Morgan fingerprint density at radius 2 is 1.71 bits per heavy atom. The number of hydrogen-bond acceptors (Lipinski definition) is 2. The maximum absolute atomic E-state index is 11.4. The van der Waals surface area contributed by atoms with Crippen molar-refractivity contribution in [3.63, 3.8) is 0 Å². The van der Waals surface area contributed by atoms with Gasteiger partial charge in [-0.1, -0.05) is 6.07 Å². The molecule has 0 heterocycles. The zero-order chi connectivity index (χ0) is 13.0. The van der Waals surface area contributed by atoms with Crippen molar-refractivity contribution in [2.75, 3.05) is 30.9 Å². The lowest BCUT2D eigenvalue weighted by molar-refractivity contribution is 0.203. The highest BCUT2D eigenvalue weighted by Crippen LogP contribution is 2.21. The Morgan fingerprint density at radius 1 is 1.18 bits per heavy atom. The number of urea groups is 1. The third kappa shape index (κ3) is 2.87. The van der Waals surface area contributed by atoms with Crippen LogP contribution in [-0.2, 0) is 0 Å². The van der Waals surface area contributed by atoms with Crippen LogP contribution in [0.3, 0.4) is 0 Å². The molecule has 92 valence electrons. The van der Waals surface area contributed by atoms with Gasteiger partial charge >= 0.3 is 12.1 Å². The molecule has 0 radical (unpaired) electrons. The summed E-state index contributed by atoms with van der Waals surface area (Å²) in [5, 5.41) is 11.3. The highest BCUT2D eigenvalue weighted by Gasteiger charge is 2.12. The van der Waals surface area contributed by atoms with E-state index in [9.17, 15) is 9.59 Å². The second-order valence-corrected chi connectivity index (χ2v) is 3.48. The van der Waals surface area contributed by atoms with Gasteiger partial charge in [-0.2, -0.15) is 0 Å². The molecule has 6 nitrogen and oxygen atoms in total. The first-order valence-corrected chi connectivity index (χ1v) is 4.99. The van der Waals surface area contributed by atoms with Gasteiger partial charge in [-0.15, -0.1) is 0 Å². The van der Waals surface area contributed by atoms with Gasteiger partial charge in [-0.25, -0.2) is 9.59 Å². The summed E-state index contributed by atoms with van der Waals surface area (Å²) in [4.78, 5) is 24.7.